The summed E-state index contributed by atoms with van der Waals surface area (Å²) < 4.78 is 81.4. The van der Waals surface area contributed by atoms with E-state index in [0.29, 0.717) is 11.0 Å². The molecule has 4 aromatic rings. The van der Waals surface area contributed by atoms with Gasteiger partial charge in [-0.15, -0.1) is 0 Å². The fraction of sp³-hybridized carbons (Fsp3) is 0.667. The van der Waals surface area contributed by atoms with Crippen LogP contribution in [0, 0.1) is 0 Å². The highest BCUT2D eigenvalue weighted by atomic mass is 31.2. The monoisotopic (exact) mass is 901 g/mol. The van der Waals surface area contributed by atoms with Gasteiger partial charge in [-0.1, -0.05) is 41.5 Å². The van der Waals surface area contributed by atoms with E-state index in [1.54, 1.807) is 10.6 Å². The summed E-state index contributed by atoms with van der Waals surface area (Å²) in [6.45, 7) is 18.6. The lowest BCUT2D eigenvalue weighted by Gasteiger charge is -2.41. The quantitative estimate of drug-likeness (QED) is 0.133. The Morgan fingerprint density at radius 3 is 1.97 bits per heavy atom. The number of imidazole rings is 2. The molecule has 0 saturated carbocycles. The Morgan fingerprint density at radius 2 is 1.34 bits per heavy atom. The molecule has 3 saturated heterocycles. The van der Waals surface area contributed by atoms with Crippen LogP contribution < -0.4 is 17.0 Å². The number of rotatable bonds is 6. The van der Waals surface area contributed by atoms with Crippen LogP contribution in [0.25, 0.3) is 22.2 Å². The van der Waals surface area contributed by atoms with Crippen LogP contribution >= 0.6 is 15.6 Å². The Labute approximate surface area is 341 Å². The van der Waals surface area contributed by atoms with E-state index in [2.05, 4.69) is 24.9 Å². The third kappa shape index (κ3) is 8.50. The number of phosphoric ester groups is 2. The molecule has 7 rings (SSSR count). The molecule has 7 N–H and O–H groups in total. The number of nitrogens with one attached hydrogen (secondary N) is 1. The number of ether oxygens (including phenoxy) is 2. The maximum absolute atomic E-state index is 14.2. The second-order valence-electron chi connectivity index (χ2n) is 18.0. The molecule has 7 heterocycles. The second kappa shape index (κ2) is 15.2. The molecule has 0 aliphatic carbocycles. The van der Waals surface area contributed by atoms with Crippen molar-refractivity contribution in [3.05, 3.63) is 35.3 Å². The van der Waals surface area contributed by atoms with Crippen LogP contribution in [0.4, 0.5) is 11.8 Å². The van der Waals surface area contributed by atoms with Gasteiger partial charge >= 0.3 is 15.6 Å². The van der Waals surface area contributed by atoms with Gasteiger partial charge in [0.2, 0.25) is 5.95 Å². The minimum absolute atomic E-state index is 0.0333. The summed E-state index contributed by atoms with van der Waals surface area (Å²) in [5.74, 6) is -0.0648. The second-order valence-corrected chi connectivity index (χ2v) is 30.3. The standard InChI is InChI=1S/C33H53N9O13P2Si2/c1-32(2,3)58(7,8)54-23-19-14-49-56(44,45)52-22-18(13-48-57(46,47)53-24(23)29(51-19)42-16-38-21-27(42)39-31(35)40-28(21)43)50-30(25(22)55-59(9,10)33(4,5)6)41-15-37-20-17(41)11-12-36-26(20)34/h11-12,15-16,18-19,22-25,29-30H,13-14H2,1-10H3,(H2,34,36)(H,44,45)(H,46,47)(H3,35,39,40,43)/t18-,19+,22-,23-,24-,25-,29-,30-/m1/s1. The summed E-state index contributed by atoms with van der Waals surface area (Å²) in [6, 6.07) is 1.67. The van der Waals surface area contributed by atoms with Crippen LogP contribution in [-0.2, 0) is 45.6 Å². The molecule has 3 fully saturated rings. The number of H-pyrrole nitrogens is 1. The minimum Gasteiger partial charge on any atom is -0.408 e. The lowest BCUT2D eigenvalue weighted by molar-refractivity contribution is -0.0671. The Hall–Kier alpha value is -2.94. The predicted octanol–water partition coefficient (Wildman–Crippen LogP) is 4.32. The number of nitrogens with zero attached hydrogens (tertiary/aromatic N) is 6. The number of hydrogen-bond acceptors (Lipinski definition) is 17. The first-order chi connectivity index (χ1) is 27.2. The number of aromatic nitrogens is 7. The minimum atomic E-state index is -5.13. The smallest absolute Gasteiger partial charge is 0.408 e. The third-order valence-corrected chi connectivity index (χ3v) is 22.8. The summed E-state index contributed by atoms with van der Waals surface area (Å²) in [6.07, 6.45) is -6.04. The predicted molar refractivity (Wildman–Crippen MR) is 218 cm³/mol. The number of fused-ring (bicyclic) bond motifs is 5. The highest BCUT2D eigenvalue weighted by molar-refractivity contribution is 7.47. The highest BCUT2D eigenvalue weighted by Crippen LogP contribution is 2.56. The largest absolute Gasteiger partial charge is 0.472 e. The van der Waals surface area contributed by atoms with Gasteiger partial charge in [0.05, 0.1) is 31.4 Å². The number of anilines is 2. The average molecular weight is 902 g/mol. The summed E-state index contributed by atoms with van der Waals surface area (Å²) in [5.41, 5.74) is 12.1. The molecular weight excluding hydrogens is 849 g/mol. The number of pyridine rings is 1. The fourth-order valence-electron chi connectivity index (χ4n) is 6.69. The topological polar surface area (TPSA) is 295 Å². The van der Waals surface area contributed by atoms with Crippen molar-refractivity contribution in [1.29, 1.82) is 0 Å². The van der Waals surface area contributed by atoms with Crippen LogP contribution in [0.2, 0.25) is 36.3 Å². The first-order valence-corrected chi connectivity index (χ1v) is 27.8. The van der Waals surface area contributed by atoms with E-state index in [-0.39, 0.29) is 28.0 Å². The molecule has 4 aromatic heterocycles. The van der Waals surface area contributed by atoms with Gasteiger partial charge in [-0.3, -0.25) is 32.4 Å². The summed E-state index contributed by atoms with van der Waals surface area (Å²) in [4.78, 5) is 55.2. The SMILES string of the molecule is CC(C)(C)[Si](C)(C)O[C@@H]1[C@@H]2OP(=O)(O)OC[C@@H]3O[C@@H](n4cnc5c(=O)[nH]c(N)nc54)[C@H](OP(=O)(O)OC[C@H]2O[C@H]1n1cnc2c(N)nccc21)[C@@H]3O[Si](C)(C)C(C)(C)C. The molecule has 22 nitrogen and oxygen atoms in total. The fourth-order valence-corrected chi connectivity index (χ4v) is 11.2. The van der Waals surface area contributed by atoms with Gasteiger partial charge < -0.3 is 44.1 Å². The molecule has 3 aliphatic heterocycles. The molecule has 2 unspecified atom stereocenters. The van der Waals surface area contributed by atoms with Crippen molar-refractivity contribution in [2.24, 2.45) is 0 Å². The molecule has 0 spiro atoms. The Kier molecular flexibility index (Phi) is 11.3. The van der Waals surface area contributed by atoms with Gasteiger partial charge in [-0.2, -0.15) is 4.98 Å². The van der Waals surface area contributed by atoms with E-state index >= 15 is 0 Å². The lowest BCUT2D eigenvalue weighted by Crippen LogP contribution is -2.50. The first kappa shape index (κ1) is 44.1. The zero-order valence-electron chi connectivity index (χ0n) is 34.5. The normalized spacial score (nSPS) is 32.8. The lowest BCUT2D eigenvalue weighted by atomic mass is 10.1. The summed E-state index contributed by atoms with van der Waals surface area (Å²) in [7, 11) is -15.7. The van der Waals surface area contributed by atoms with Gasteiger partial charge in [0.25, 0.3) is 5.56 Å². The van der Waals surface area contributed by atoms with Crippen molar-refractivity contribution in [3.63, 3.8) is 0 Å². The third-order valence-electron chi connectivity index (χ3n) is 11.9. The zero-order valence-corrected chi connectivity index (χ0v) is 38.2. The van der Waals surface area contributed by atoms with Gasteiger partial charge in [0, 0.05) is 6.20 Å². The van der Waals surface area contributed by atoms with E-state index in [1.165, 1.54) is 23.4 Å². The number of nitrogen functional groups attached to an aromatic ring is 2. The van der Waals surface area contributed by atoms with E-state index in [0.717, 1.165) is 0 Å². The van der Waals surface area contributed by atoms with Crippen molar-refractivity contribution in [3.8, 4) is 0 Å². The van der Waals surface area contributed by atoms with Crippen molar-refractivity contribution in [2.45, 2.75) is 127 Å². The van der Waals surface area contributed by atoms with Crippen molar-refractivity contribution in [1.82, 2.24) is 34.1 Å². The van der Waals surface area contributed by atoms with E-state index in [9.17, 15) is 23.7 Å². The van der Waals surface area contributed by atoms with Crippen LogP contribution in [0.3, 0.4) is 0 Å². The van der Waals surface area contributed by atoms with Crippen molar-refractivity contribution in [2.75, 3.05) is 24.7 Å². The molecule has 326 valence electrons. The molecule has 26 heteroatoms. The maximum atomic E-state index is 14.2. The van der Waals surface area contributed by atoms with Gasteiger partial charge in [-0.05, 0) is 42.3 Å². The molecular formula is C33H53N9O13P2Si2. The van der Waals surface area contributed by atoms with Crippen molar-refractivity contribution >= 4 is 66.2 Å². The van der Waals surface area contributed by atoms with Crippen LogP contribution in [-0.4, -0.2) is 110 Å². The number of nitrogens with two attached hydrogens (primary N) is 2. The first-order valence-electron chi connectivity index (χ1n) is 19.0. The molecule has 2 bridgehead atoms. The van der Waals surface area contributed by atoms with Crippen molar-refractivity contribution < 1.29 is 55.3 Å². The molecule has 0 amide bonds. The van der Waals surface area contributed by atoms with E-state index in [1.807, 2.05) is 67.7 Å². The summed E-state index contributed by atoms with van der Waals surface area (Å²) in [5, 5.41) is -0.743. The highest BCUT2D eigenvalue weighted by Gasteiger charge is 2.58. The van der Waals surface area contributed by atoms with Crippen LogP contribution in [0.5, 0.6) is 0 Å². The number of hydrogen-bond donors (Lipinski definition) is 5. The molecule has 0 radical (unpaired) electrons. The van der Waals surface area contributed by atoms with Crippen LogP contribution in [0.1, 0.15) is 54.0 Å². The Balaban J connectivity index is 1.31. The summed E-state index contributed by atoms with van der Waals surface area (Å²) >= 11 is 0. The molecule has 59 heavy (non-hydrogen) atoms. The van der Waals surface area contributed by atoms with E-state index < -0.39 is 105 Å². The van der Waals surface area contributed by atoms with Gasteiger partial charge in [0.1, 0.15) is 42.1 Å². The molecule has 3 aliphatic rings. The Bertz CT molecular complexity index is 2380. The number of aromatic amines is 1. The maximum Gasteiger partial charge on any atom is 0.472 e. The molecule has 0 aromatic carbocycles. The van der Waals surface area contributed by atoms with Gasteiger partial charge in [-0.25, -0.2) is 24.1 Å². The van der Waals surface area contributed by atoms with E-state index in [4.69, 9.17) is 47.9 Å². The molecule has 10 atom stereocenters. The zero-order chi connectivity index (χ0) is 43.2. The number of phosphoric acid groups is 2. The van der Waals surface area contributed by atoms with Gasteiger partial charge in [0.15, 0.2) is 46.1 Å². The van der Waals surface area contributed by atoms with Crippen LogP contribution in [0.15, 0.2) is 29.7 Å². The Morgan fingerprint density at radius 1 is 0.797 bits per heavy atom. The average Bonchev–Trinajstić information content (AvgIpc) is 3.86.